The van der Waals surface area contributed by atoms with Crippen LogP contribution < -0.4 is 5.32 Å². The van der Waals surface area contributed by atoms with E-state index in [2.05, 4.69) is 17.3 Å². The Morgan fingerprint density at radius 2 is 1.71 bits per heavy atom. The van der Waals surface area contributed by atoms with Crippen LogP contribution >= 0.6 is 0 Å². The van der Waals surface area contributed by atoms with Crippen LogP contribution in [0.4, 0.5) is 0 Å². The highest BCUT2D eigenvalue weighted by Crippen LogP contribution is 2.06. The third kappa shape index (κ3) is 9.34. The van der Waals surface area contributed by atoms with E-state index in [-0.39, 0.29) is 6.10 Å². The third-order valence-electron chi connectivity index (χ3n) is 3.58. The first-order chi connectivity index (χ1) is 10.2. The average molecular weight is 292 g/mol. The smallest absolute Gasteiger partial charge is 0.150 e. The van der Waals surface area contributed by atoms with Gasteiger partial charge in [-0.05, 0) is 45.8 Å². The summed E-state index contributed by atoms with van der Waals surface area (Å²) in [4.78, 5) is 12.2. The van der Waals surface area contributed by atoms with Gasteiger partial charge in [-0.15, -0.1) is 0 Å². The molecule has 0 aliphatic carbocycles. The van der Waals surface area contributed by atoms with Crippen molar-refractivity contribution in [2.45, 2.75) is 31.8 Å². The fourth-order valence-corrected chi connectivity index (χ4v) is 2.15. The van der Waals surface area contributed by atoms with Gasteiger partial charge in [-0.2, -0.15) is 0 Å². The predicted molar refractivity (Wildman–Crippen MR) is 86.7 cm³/mol. The van der Waals surface area contributed by atoms with E-state index in [1.165, 1.54) is 25.9 Å². The molecule has 4 heteroatoms. The van der Waals surface area contributed by atoms with Gasteiger partial charge in [0, 0.05) is 18.7 Å². The van der Waals surface area contributed by atoms with Crippen LogP contribution in [0.3, 0.4) is 0 Å². The number of hydrogen-bond acceptors (Lipinski definition) is 4. The molecule has 0 amide bonds. The number of aldehydes is 1. The van der Waals surface area contributed by atoms with Crippen LogP contribution in [0.15, 0.2) is 30.3 Å². The van der Waals surface area contributed by atoms with Gasteiger partial charge in [0.05, 0.1) is 6.10 Å². The highest BCUT2D eigenvalue weighted by Gasteiger charge is 2.12. The number of aliphatic hydroxyl groups excluding tert-OH is 1. The first-order valence-corrected chi connectivity index (χ1v) is 7.80. The van der Waals surface area contributed by atoms with E-state index in [0.717, 1.165) is 37.8 Å². The Morgan fingerprint density at radius 1 is 1.14 bits per heavy atom. The Kier molecular flexibility index (Phi) is 9.70. The highest BCUT2D eigenvalue weighted by molar-refractivity contribution is 5.74. The Morgan fingerprint density at radius 3 is 2.05 bits per heavy atom. The van der Waals surface area contributed by atoms with Crippen molar-refractivity contribution in [1.29, 1.82) is 0 Å². The fourth-order valence-electron chi connectivity index (χ4n) is 2.15. The van der Waals surface area contributed by atoms with Gasteiger partial charge in [-0.1, -0.05) is 30.3 Å². The molecule has 0 radical (unpaired) electrons. The summed E-state index contributed by atoms with van der Waals surface area (Å²) >= 11 is 0. The molecule has 0 bridgehead atoms. The van der Waals surface area contributed by atoms with Gasteiger partial charge in [-0.25, -0.2) is 0 Å². The second-order valence-electron chi connectivity index (χ2n) is 5.52. The zero-order valence-electron chi connectivity index (χ0n) is 13.0. The van der Waals surface area contributed by atoms with E-state index in [1.807, 2.05) is 18.2 Å². The molecule has 0 spiro atoms. The summed E-state index contributed by atoms with van der Waals surface area (Å²) in [6.07, 6.45) is 5.50. The molecule has 0 atom stereocenters. The minimum Gasteiger partial charge on any atom is -0.393 e. The molecule has 0 aromatic heterocycles. The van der Waals surface area contributed by atoms with E-state index in [9.17, 15) is 4.79 Å². The summed E-state index contributed by atoms with van der Waals surface area (Å²) in [5.74, 6) is 0. The van der Waals surface area contributed by atoms with Crippen molar-refractivity contribution < 1.29 is 9.90 Å². The van der Waals surface area contributed by atoms with Crippen molar-refractivity contribution in [2.24, 2.45) is 0 Å². The number of piperidine rings is 1. The number of likely N-dealkylation sites (tertiary alicyclic amines) is 1. The lowest BCUT2D eigenvalue weighted by Gasteiger charge is -2.25. The largest absolute Gasteiger partial charge is 0.393 e. The molecule has 0 saturated carbocycles. The average Bonchev–Trinajstić information content (AvgIpc) is 3.11. The lowest BCUT2D eigenvalue weighted by molar-refractivity contribution is 0.0942. The number of nitrogens with zero attached hydrogens (tertiary/aromatic N) is 1. The minimum atomic E-state index is -0.0220. The number of carbonyl (C=O) groups excluding carboxylic acids is 1. The minimum absolute atomic E-state index is 0.0220. The van der Waals surface area contributed by atoms with Crippen LogP contribution in [0, 0.1) is 0 Å². The van der Waals surface area contributed by atoms with E-state index < -0.39 is 0 Å². The van der Waals surface area contributed by atoms with E-state index >= 15 is 0 Å². The molecule has 1 aromatic carbocycles. The number of aliphatic hydroxyl groups is 1. The highest BCUT2D eigenvalue weighted by atomic mass is 16.3. The molecule has 2 saturated heterocycles. The Hall–Kier alpha value is -1.23. The monoisotopic (exact) mass is 292 g/mol. The predicted octanol–water partition coefficient (Wildman–Crippen LogP) is 1.94. The normalized spacial score (nSPS) is 19.0. The first-order valence-electron chi connectivity index (χ1n) is 7.80. The molecule has 2 heterocycles. The van der Waals surface area contributed by atoms with Crippen LogP contribution in [-0.2, 0) is 0 Å². The topological polar surface area (TPSA) is 52.6 Å². The molecule has 1 aromatic rings. The van der Waals surface area contributed by atoms with Crippen molar-refractivity contribution >= 4 is 6.29 Å². The number of carbonyl (C=O) groups is 1. The SMILES string of the molecule is C1CCNC1.CN1CCC(O)CC1.O=Cc1ccccc1. The third-order valence-corrected chi connectivity index (χ3v) is 3.58. The molecule has 2 aliphatic heterocycles. The van der Waals surface area contributed by atoms with Crippen LogP contribution in [0.25, 0.3) is 0 Å². The van der Waals surface area contributed by atoms with Gasteiger partial charge in [0.15, 0.2) is 0 Å². The second-order valence-corrected chi connectivity index (χ2v) is 5.52. The molecule has 0 unspecified atom stereocenters. The summed E-state index contributed by atoms with van der Waals surface area (Å²) < 4.78 is 0. The molecule has 4 nitrogen and oxygen atoms in total. The lowest BCUT2D eigenvalue weighted by Crippen LogP contribution is -2.32. The number of hydrogen-bond donors (Lipinski definition) is 2. The van der Waals surface area contributed by atoms with Crippen molar-refractivity contribution in [1.82, 2.24) is 10.2 Å². The maximum atomic E-state index is 10.0. The standard InChI is InChI=1S/C7H6O.C6H13NO.C4H9N/c8-6-7-4-2-1-3-5-7;1-7-4-2-6(8)3-5-7;1-2-4-5-3-1/h1-6H;6,8H,2-5H2,1H3;5H,1-4H2. The summed E-state index contributed by atoms with van der Waals surface area (Å²) in [7, 11) is 2.09. The molecule has 2 aliphatic rings. The molecular weight excluding hydrogens is 264 g/mol. The first kappa shape index (κ1) is 17.8. The van der Waals surface area contributed by atoms with E-state index in [0.29, 0.717) is 0 Å². The molecule has 2 N–H and O–H groups in total. The van der Waals surface area contributed by atoms with E-state index in [1.54, 1.807) is 12.1 Å². The van der Waals surface area contributed by atoms with Gasteiger partial charge < -0.3 is 15.3 Å². The van der Waals surface area contributed by atoms with Crippen molar-refractivity contribution in [3.05, 3.63) is 35.9 Å². The molecular formula is C17H28N2O2. The number of nitrogens with one attached hydrogen (secondary N) is 1. The van der Waals surface area contributed by atoms with E-state index in [4.69, 9.17) is 5.11 Å². The maximum Gasteiger partial charge on any atom is 0.150 e. The molecule has 3 rings (SSSR count). The van der Waals surface area contributed by atoms with Crippen molar-refractivity contribution in [3.8, 4) is 0 Å². The number of rotatable bonds is 1. The zero-order valence-corrected chi connectivity index (χ0v) is 13.0. The Labute approximate surface area is 128 Å². The zero-order chi connectivity index (χ0) is 15.3. The van der Waals surface area contributed by atoms with Crippen LogP contribution in [-0.4, -0.2) is 55.6 Å². The van der Waals surface area contributed by atoms with Gasteiger partial charge in [0.2, 0.25) is 0 Å². The summed E-state index contributed by atoms with van der Waals surface area (Å²) in [6.45, 7) is 4.61. The lowest BCUT2D eigenvalue weighted by atomic mass is 10.1. The van der Waals surface area contributed by atoms with Gasteiger partial charge in [-0.3, -0.25) is 4.79 Å². The molecule has 21 heavy (non-hydrogen) atoms. The summed E-state index contributed by atoms with van der Waals surface area (Å²) in [6, 6.07) is 9.10. The van der Waals surface area contributed by atoms with Crippen LogP contribution in [0.1, 0.15) is 36.0 Å². The van der Waals surface area contributed by atoms with Gasteiger partial charge in [0.1, 0.15) is 6.29 Å². The Bertz CT molecular complexity index is 341. The summed E-state index contributed by atoms with van der Waals surface area (Å²) in [5, 5.41) is 12.2. The Balaban J connectivity index is 0.000000162. The second kappa shape index (κ2) is 11.4. The molecule has 2 fully saturated rings. The fraction of sp³-hybridized carbons (Fsp3) is 0.588. The maximum absolute atomic E-state index is 10.0. The van der Waals surface area contributed by atoms with Gasteiger partial charge >= 0.3 is 0 Å². The van der Waals surface area contributed by atoms with Crippen LogP contribution in [0.5, 0.6) is 0 Å². The van der Waals surface area contributed by atoms with Gasteiger partial charge in [0.25, 0.3) is 0 Å². The molecule has 118 valence electrons. The quantitative estimate of drug-likeness (QED) is 0.777. The summed E-state index contributed by atoms with van der Waals surface area (Å²) in [5.41, 5.74) is 0.729. The van der Waals surface area contributed by atoms with Crippen LogP contribution in [0.2, 0.25) is 0 Å². The van der Waals surface area contributed by atoms with Crippen molar-refractivity contribution in [2.75, 3.05) is 33.2 Å². The van der Waals surface area contributed by atoms with Crippen molar-refractivity contribution in [3.63, 3.8) is 0 Å². The number of benzene rings is 1.